The smallest absolute Gasteiger partial charge is 0.154 e. The molecule has 0 saturated carbocycles. The molecule has 1 rings (SSSR count). The molecule has 0 aliphatic heterocycles. The maximum absolute atomic E-state index is 12.1. The number of aryl methyl sites for hydroxylation is 1. The van der Waals surface area contributed by atoms with Crippen LogP contribution in [0, 0.1) is 6.92 Å². The molecule has 0 bridgehead atoms. The molecule has 0 heterocycles. The van der Waals surface area contributed by atoms with Gasteiger partial charge in [-0.2, -0.15) is 0 Å². The maximum Gasteiger partial charge on any atom is 0.154 e. The maximum atomic E-state index is 12.1. The predicted octanol–water partition coefficient (Wildman–Crippen LogP) is 3.38. The molecule has 0 aromatic heterocycles. The highest BCUT2D eigenvalue weighted by Gasteiger charge is 2.38. The highest BCUT2D eigenvalue weighted by molar-refractivity contribution is 7.92. The summed E-state index contributed by atoms with van der Waals surface area (Å²) in [6, 6.07) is 5.73. The molecule has 0 fully saturated rings. The van der Waals surface area contributed by atoms with E-state index in [0.29, 0.717) is 11.4 Å². The lowest BCUT2D eigenvalue weighted by molar-refractivity contribution is 0.406. The van der Waals surface area contributed by atoms with Crippen molar-refractivity contribution in [2.45, 2.75) is 51.3 Å². The average molecular weight is 332 g/mol. The van der Waals surface area contributed by atoms with Crippen LogP contribution in [-0.4, -0.2) is 32.0 Å². The summed E-state index contributed by atoms with van der Waals surface area (Å²) in [6.07, 6.45) is 2.85. The van der Waals surface area contributed by atoms with Crippen molar-refractivity contribution in [3.8, 4) is 0 Å². The van der Waals surface area contributed by atoms with Gasteiger partial charge in [0.25, 0.3) is 0 Å². The summed E-state index contributed by atoms with van der Waals surface area (Å²) in [5.41, 5.74) is 2.08. The lowest BCUT2D eigenvalue weighted by atomic mass is 9.95. The van der Waals surface area contributed by atoms with Gasteiger partial charge < -0.3 is 5.32 Å². The van der Waals surface area contributed by atoms with Crippen LogP contribution >= 0.6 is 11.6 Å². The van der Waals surface area contributed by atoms with E-state index in [4.69, 9.17) is 11.6 Å². The van der Waals surface area contributed by atoms with Crippen molar-refractivity contribution in [3.63, 3.8) is 0 Å². The Morgan fingerprint density at radius 1 is 1.33 bits per heavy atom. The molecule has 1 N–H and O–H groups in total. The van der Waals surface area contributed by atoms with E-state index >= 15 is 0 Å². The third-order valence-electron chi connectivity index (χ3n) is 4.07. The molecule has 1 aromatic rings. The van der Waals surface area contributed by atoms with Crippen LogP contribution in [0.3, 0.4) is 0 Å². The minimum Gasteiger partial charge on any atom is -0.312 e. The summed E-state index contributed by atoms with van der Waals surface area (Å²) >= 11 is 6.29. The van der Waals surface area contributed by atoms with Gasteiger partial charge in [-0.1, -0.05) is 30.7 Å². The molecule has 120 valence electrons. The SMILES string of the molecule is CCCNC(Cc1ccc(C)cc1Cl)C(C)(C)S(C)(=O)=O. The zero-order valence-electron chi connectivity index (χ0n) is 13.5. The monoisotopic (exact) mass is 331 g/mol. The molecular formula is C16H26ClNO2S. The van der Waals surface area contributed by atoms with Crippen molar-refractivity contribution in [1.82, 2.24) is 5.32 Å². The molecule has 0 radical (unpaired) electrons. The van der Waals surface area contributed by atoms with Crippen LogP contribution in [0.5, 0.6) is 0 Å². The summed E-state index contributed by atoms with van der Waals surface area (Å²) < 4.78 is 23.4. The largest absolute Gasteiger partial charge is 0.312 e. The Morgan fingerprint density at radius 2 is 1.95 bits per heavy atom. The fourth-order valence-electron chi connectivity index (χ4n) is 2.18. The topological polar surface area (TPSA) is 46.2 Å². The molecule has 1 aromatic carbocycles. The highest BCUT2D eigenvalue weighted by atomic mass is 35.5. The second-order valence-corrected chi connectivity index (χ2v) is 9.19. The molecule has 0 spiro atoms. The third-order valence-corrected chi connectivity index (χ3v) is 6.62. The van der Waals surface area contributed by atoms with Crippen LogP contribution in [0.2, 0.25) is 5.02 Å². The van der Waals surface area contributed by atoms with Crippen molar-refractivity contribution < 1.29 is 8.42 Å². The van der Waals surface area contributed by atoms with Crippen molar-refractivity contribution >= 4 is 21.4 Å². The number of halogens is 1. The van der Waals surface area contributed by atoms with E-state index in [2.05, 4.69) is 12.2 Å². The number of sulfone groups is 1. The Morgan fingerprint density at radius 3 is 2.43 bits per heavy atom. The zero-order valence-corrected chi connectivity index (χ0v) is 15.1. The molecule has 0 aliphatic carbocycles. The third kappa shape index (κ3) is 4.70. The first-order valence-corrected chi connectivity index (χ1v) is 9.54. The van der Waals surface area contributed by atoms with Gasteiger partial charge in [0.05, 0.1) is 4.75 Å². The Kier molecular flexibility index (Phi) is 6.26. The van der Waals surface area contributed by atoms with Crippen LogP contribution in [0.1, 0.15) is 38.3 Å². The summed E-state index contributed by atoms with van der Waals surface area (Å²) in [5, 5.41) is 4.07. The summed E-state index contributed by atoms with van der Waals surface area (Å²) in [6.45, 7) is 8.39. The minimum absolute atomic E-state index is 0.173. The highest BCUT2D eigenvalue weighted by Crippen LogP contribution is 2.26. The van der Waals surface area contributed by atoms with Gasteiger partial charge in [0.1, 0.15) is 0 Å². The average Bonchev–Trinajstić information content (AvgIpc) is 2.35. The Hall–Kier alpha value is -0.580. The van der Waals surface area contributed by atoms with Gasteiger partial charge in [-0.25, -0.2) is 8.42 Å². The predicted molar refractivity (Wildman–Crippen MR) is 90.9 cm³/mol. The van der Waals surface area contributed by atoms with Gasteiger partial charge in [-0.15, -0.1) is 0 Å². The molecule has 21 heavy (non-hydrogen) atoms. The molecule has 0 saturated heterocycles. The van der Waals surface area contributed by atoms with E-state index in [1.807, 2.05) is 25.1 Å². The Balaban J connectivity index is 3.09. The van der Waals surface area contributed by atoms with Crippen LogP contribution in [0.4, 0.5) is 0 Å². The van der Waals surface area contributed by atoms with E-state index in [0.717, 1.165) is 24.1 Å². The van der Waals surface area contributed by atoms with E-state index in [1.54, 1.807) is 13.8 Å². The normalized spacial score (nSPS) is 14.2. The molecule has 5 heteroatoms. The molecular weight excluding hydrogens is 306 g/mol. The van der Waals surface area contributed by atoms with Gasteiger partial charge in [0.2, 0.25) is 0 Å². The number of rotatable bonds is 7. The van der Waals surface area contributed by atoms with Crippen molar-refractivity contribution in [2.24, 2.45) is 0 Å². The van der Waals surface area contributed by atoms with Gasteiger partial charge in [0.15, 0.2) is 9.84 Å². The first-order valence-electron chi connectivity index (χ1n) is 7.27. The second kappa shape index (κ2) is 7.12. The summed E-state index contributed by atoms with van der Waals surface area (Å²) in [4.78, 5) is 0. The van der Waals surface area contributed by atoms with E-state index in [9.17, 15) is 8.42 Å². The van der Waals surface area contributed by atoms with Crippen molar-refractivity contribution in [3.05, 3.63) is 34.3 Å². The number of nitrogens with one attached hydrogen (secondary N) is 1. The Labute approximate surface area is 134 Å². The molecule has 3 nitrogen and oxygen atoms in total. The van der Waals surface area contributed by atoms with E-state index < -0.39 is 14.6 Å². The van der Waals surface area contributed by atoms with Crippen molar-refractivity contribution in [2.75, 3.05) is 12.8 Å². The summed E-state index contributed by atoms with van der Waals surface area (Å²) in [7, 11) is -3.18. The minimum atomic E-state index is -3.18. The van der Waals surface area contributed by atoms with E-state index in [-0.39, 0.29) is 6.04 Å². The quantitative estimate of drug-likeness (QED) is 0.833. The first kappa shape index (κ1) is 18.5. The molecule has 0 aliphatic rings. The number of hydrogen-bond acceptors (Lipinski definition) is 3. The summed E-state index contributed by atoms with van der Waals surface area (Å²) in [5.74, 6) is 0. The fraction of sp³-hybridized carbons (Fsp3) is 0.625. The first-order chi connectivity index (χ1) is 9.59. The van der Waals surface area contributed by atoms with Crippen LogP contribution < -0.4 is 5.32 Å². The lowest BCUT2D eigenvalue weighted by Crippen LogP contribution is -2.52. The van der Waals surface area contributed by atoms with Crippen LogP contribution in [-0.2, 0) is 16.3 Å². The van der Waals surface area contributed by atoms with E-state index in [1.165, 1.54) is 6.26 Å². The number of benzene rings is 1. The standard InChI is InChI=1S/C16H26ClNO2S/c1-6-9-18-15(16(3,4)21(5,19)20)11-13-8-7-12(2)10-14(13)17/h7-8,10,15,18H,6,9,11H2,1-5H3. The second-order valence-electron chi connectivity index (χ2n) is 6.18. The van der Waals surface area contributed by atoms with Gasteiger partial charge in [0, 0.05) is 17.3 Å². The van der Waals surface area contributed by atoms with Gasteiger partial charge >= 0.3 is 0 Å². The van der Waals surface area contributed by atoms with Crippen molar-refractivity contribution in [1.29, 1.82) is 0 Å². The zero-order chi connectivity index (χ0) is 16.3. The van der Waals surface area contributed by atoms with Crippen LogP contribution in [0.25, 0.3) is 0 Å². The Bertz CT molecular complexity index is 582. The number of hydrogen-bond donors (Lipinski definition) is 1. The van der Waals surface area contributed by atoms with Crippen LogP contribution in [0.15, 0.2) is 18.2 Å². The van der Waals surface area contributed by atoms with Gasteiger partial charge in [-0.3, -0.25) is 0 Å². The lowest BCUT2D eigenvalue weighted by Gasteiger charge is -2.34. The molecule has 0 amide bonds. The molecule has 1 unspecified atom stereocenters. The van der Waals surface area contributed by atoms with Gasteiger partial charge in [-0.05, 0) is 57.4 Å². The molecule has 1 atom stereocenters. The fourth-order valence-corrected chi connectivity index (χ4v) is 3.17.